The Hall–Kier alpha value is -1.36. The second-order valence-electron chi connectivity index (χ2n) is 3.06. The van der Waals surface area contributed by atoms with Crippen LogP contribution < -0.4 is 5.56 Å². The van der Waals surface area contributed by atoms with E-state index >= 15 is 0 Å². The summed E-state index contributed by atoms with van der Waals surface area (Å²) in [5, 5.41) is -0.121. The van der Waals surface area contributed by atoms with Gasteiger partial charge in [0.15, 0.2) is 5.15 Å². The van der Waals surface area contributed by atoms with Crippen molar-refractivity contribution in [3.05, 3.63) is 27.9 Å². The van der Waals surface area contributed by atoms with Gasteiger partial charge in [-0.25, -0.2) is 4.98 Å². The minimum absolute atomic E-state index is 0.00852. The highest BCUT2D eigenvalue weighted by atomic mass is 35.5. The molecule has 5 nitrogen and oxygen atoms in total. The number of hydrogen-bond acceptors (Lipinski definition) is 3. The molecule has 0 radical (unpaired) electrons. The molecule has 0 aliphatic heterocycles. The molecule has 0 saturated carbocycles. The molecule has 0 aliphatic rings. The molecule has 0 unspecified atom stereocenters. The zero-order valence-corrected chi connectivity index (χ0v) is 9.36. The van der Waals surface area contributed by atoms with Crippen molar-refractivity contribution in [2.45, 2.75) is 13.5 Å². The van der Waals surface area contributed by atoms with Gasteiger partial charge in [-0.2, -0.15) is 0 Å². The summed E-state index contributed by atoms with van der Waals surface area (Å²) in [6.07, 6.45) is 2.83. The summed E-state index contributed by atoms with van der Waals surface area (Å²) in [5.41, 5.74) is -0.447. The number of likely N-dealkylation sites (N-methyl/N-ethyl adjacent to an activating group) is 1. The van der Waals surface area contributed by atoms with Crippen LogP contribution in [-0.4, -0.2) is 34.0 Å². The number of halogens is 1. The van der Waals surface area contributed by atoms with Crippen LogP contribution in [0, 0.1) is 0 Å². The van der Waals surface area contributed by atoms with Crippen LogP contribution in [0.25, 0.3) is 0 Å². The average Bonchev–Trinajstić information content (AvgIpc) is 2.23. The summed E-state index contributed by atoms with van der Waals surface area (Å²) in [5.74, 6) is -0.137. The largest absolute Gasteiger partial charge is 0.344 e. The van der Waals surface area contributed by atoms with Crippen molar-refractivity contribution >= 4 is 17.5 Å². The van der Waals surface area contributed by atoms with Gasteiger partial charge in [0.2, 0.25) is 5.91 Å². The zero-order valence-electron chi connectivity index (χ0n) is 8.61. The molecule has 0 fully saturated rings. The highest BCUT2D eigenvalue weighted by molar-refractivity contribution is 6.29. The zero-order chi connectivity index (χ0) is 11.4. The predicted octanol–water partition coefficient (Wildman–Crippen LogP) is 0.375. The molecule has 1 heterocycles. The number of carbonyl (C=O) groups excluding carboxylic acids is 1. The van der Waals surface area contributed by atoms with Crippen LogP contribution in [0.15, 0.2) is 17.2 Å². The molecule has 0 saturated heterocycles. The van der Waals surface area contributed by atoms with E-state index in [1.807, 2.05) is 6.92 Å². The Morgan fingerprint density at radius 2 is 2.33 bits per heavy atom. The van der Waals surface area contributed by atoms with E-state index < -0.39 is 5.56 Å². The normalized spacial score (nSPS) is 10.1. The number of aromatic nitrogens is 2. The summed E-state index contributed by atoms with van der Waals surface area (Å²) in [6.45, 7) is 2.46. The van der Waals surface area contributed by atoms with Crippen molar-refractivity contribution in [2.75, 3.05) is 13.6 Å². The number of nitrogens with zero attached hydrogens (tertiary/aromatic N) is 3. The van der Waals surface area contributed by atoms with Gasteiger partial charge in [0.1, 0.15) is 6.54 Å². The topological polar surface area (TPSA) is 55.2 Å². The summed E-state index contributed by atoms with van der Waals surface area (Å²) >= 11 is 5.54. The van der Waals surface area contributed by atoms with Gasteiger partial charge in [-0.15, -0.1) is 0 Å². The third-order valence-electron chi connectivity index (χ3n) is 2.08. The van der Waals surface area contributed by atoms with E-state index in [1.54, 1.807) is 7.05 Å². The van der Waals surface area contributed by atoms with Gasteiger partial charge < -0.3 is 9.47 Å². The minimum atomic E-state index is -0.447. The second kappa shape index (κ2) is 4.93. The molecule has 0 aliphatic carbocycles. The molecule has 82 valence electrons. The molecule has 15 heavy (non-hydrogen) atoms. The van der Waals surface area contributed by atoms with Crippen LogP contribution in [0.1, 0.15) is 6.92 Å². The Labute approximate surface area is 92.3 Å². The maximum Gasteiger partial charge on any atom is 0.288 e. The maximum absolute atomic E-state index is 11.5. The van der Waals surface area contributed by atoms with Crippen LogP contribution in [0.4, 0.5) is 0 Å². The minimum Gasteiger partial charge on any atom is -0.344 e. The Morgan fingerprint density at radius 3 is 2.93 bits per heavy atom. The molecule has 0 aromatic carbocycles. The summed E-state index contributed by atoms with van der Waals surface area (Å²) < 4.78 is 1.24. The standard InChI is InChI=1S/C9H12ClN3O2/c1-3-12(2)7(14)6-13-5-4-11-8(10)9(13)15/h4-5H,3,6H2,1-2H3. The molecule has 0 bridgehead atoms. The lowest BCUT2D eigenvalue weighted by molar-refractivity contribution is -0.130. The molecule has 0 spiro atoms. The fourth-order valence-corrected chi connectivity index (χ4v) is 1.15. The quantitative estimate of drug-likeness (QED) is 0.753. The first-order chi connectivity index (χ1) is 7.06. The van der Waals surface area contributed by atoms with Crippen LogP contribution in [0.3, 0.4) is 0 Å². The van der Waals surface area contributed by atoms with Gasteiger partial charge in [-0.05, 0) is 6.92 Å². The first kappa shape index (κ1) is 11.7. The van der Waals surface area contributed by atoms with Gasteiger partial charge in [-0.1, -0.05) is 11.6 Å². The van der Waals surface area contributed by atoms with E-state index in [0.29, 0.717) is 6.54 Å². The molecule has 1 amide bonds. The first-order valence-electron chi connectivity index (χ1n) is 4.51. The third kappa shape index (κ3) is 2.79. The molecule has 1 aromatic rings. The third-order valence-corrected chi connectivity index (χ3v) is 2.34. The van der Waals surface area contributed by atoms with E-state index in [2.05, 4.69) is 4.98 Å². The van der Waals surface area contributed by atoms with Crippen LogP contribution in [0.2, 0.25) is 5.15 Å². The van der Waals surface area contributed by atoms with Crippen molar-refractivity contribution in [2.24, 2.45) is 0 Å². The van der Waals surface area contributed by atoms with Crippen LogP contribution >= 0.6 is 11.6 Å². The average molecular weight is 230 g/mol. The molecule has 6 heteroatoms. The van der Waals surface area contributed by atoms with E-state index in [0.717, 1.165) is 0 Å². The molecule has 0 atom stereocenters. The van der Waals surface area contributed by atoms with Crippen LogP contribution in [-0.2, 0) is 11.3 Å². The molecular weight excluding hydrogens is 218 g/mol. The second-order valence-corrected chi connectivity index (χ2v) is 3.42. The maximum atomic E-state index is 11.5. The van der Waals surface area contributed by atoms with E-state index in [-0.39, 0.29) is 17.6 Å². The smallest absolute Gasteiger partial charge is 0.288 e. The van der Waals surface area contributed by atoms with Gasteiger partial charge >= 0.3 is 0 Å². The highest BCUT2D eigenvalue weighted by Crippen LogP contribution is 1.94. The van der Waals surface area contributed by atoms with E-state index in [9.17, 15) is 9.59 Å². The van der Waals surface area contributed by atoms with Crippen molar-refractivity contribution in [3.8, 4) is 0 Å². The SMILES string of the molecule is CCN(C)C(=O)Cn1ccnc(Cl)c1=O. The molecular formula is C9H12ClN3O2. The van der Waals surface area contributed by atoms with Gasteiger partial charge in [0.25, 0.3) is 5.56 Å². The highest BCUT2D eigenvalue weighted by Gasteiger charge is 2.09. The number of amides is 1. The first-order valence-corrected chi connectivity index (χ1v) is 4.89. The summed E-state index contributed by atoms with van der Waals surface area (Å²) in [7, 11) is 1.68. The lowest BCUT2D eigenvalue weighted by Gasteiger charge is -2.14. The van der Waals surface area contributed by atoms with Gasteiger partial charge in [0, 0.05) is 26.0 Å². The van der Waals surface area contributed by atoms with Gasteiger partial charge in [0.05, 0.1) is 0 Å². The Morgan fingerprint density at radius 1 is 1.67 bits per heavy atom. The summed E-state index contributed by atoms with van der Waals surface area (Å²) in [4.78, 5) is 28.1. The monoisotopic (exact) mass is 229 g/mol. The summed E-state index contributed by atoms with van der Waals surface area (Å²) in [6, 6.07) is 0. The molecule has 1 aromatic heterocycles. The number of hydrogen-bond donors (Lipinski definition) is 0. The van der Waals surface area contributed by atoms with Crippen molar-refractivity contribution in [3.63, 3.8) is 0 Å². The predicted molar refractivity (Wildman–Crippen MR) is 56.8 cm³/mol. The fourth-order valence-electron chi connectivity index (χ4n) is 0.988. The Kier molecular flexibility index (Phi) is 3.85. The number of carbonyl (C=O) groups is 1. The molecule has 1 rings (SSSR count). The number of rotatable bonds is 3. The van der Waals surface area contributed by atoms with Crippen molar-refractivity contribution < 1.29 is 4.79 Å². The fraction of sp³-hybridized carbons (Fsp3) is 0.444. The molecule has 0 N–H and O–H groups in total. The Bertz CT molecular complexity index is 416. The van der Waals surface area contributed by atoms with E-state index in [1.165, 1.54) is 21.9 Å². The van der Waals surface area contributed by atoms with E-state index in [4.69, 9.17) is 11.6 Å². The van der Waals surface area contributed by atoms with Crippen molar-refractivity contribution in [1.82, 2.24) is 14.5 Å². The lowest BCUT2D eigenvalue weighted by Crippen LogP contribution is -2.33. The lowest BCUT2D eigenvalue weighted by atomic mass is 10.5. The Balaban J connectivity index is 2.86. The van der Waals surface area contributed by atoms with Crippen LogP contribution in [0.5, 0.6) is 0 Å². The van der Waals surface area contributed by atoms with Crippen molar-refractivity contribution in [1.29, 1.82) is 0 Å². The van der Waals surface area contributed by atoms with Gasteiger partial charge in [-0.3, -0.25) is 9.59 Å².